The molecular weight excluding hydrogens is 332 g/mol. The van der Waals surface area contributed by atoms with Crippen LogP contribution in [0.4, 0.5) is 10.7 Å². The van der Waals surface area contributed by atoms with Gasteiger partial charge in [0.25, 0.3) is 0 Å². The van der Waals surface area contributed by atoms with Crippen LogP contribution in [0.25, 0.3) is 0 Å². The maximum atomic E-state index is 12.5. The SMILES string of the molecule is C[C@@H]1Cc2cnc(NCc3ccn(C)n3)nc2CN1C(=O)OC(C)(C)C. The lowest BCUT2D eigenvalue weighted by Crippen LogP contribution is -2.45. The van der Waals surface area contributed by atoms with Crippen LogP contribution in [0.3, 0.4) is 0 Å². The van der Waals surface area contributed by atoms with Crippen LogP contribution in [0.5, 0.6) is 0 Å². The van der Waals surface area contributed by atoms with E-state index < -0.39 is 5.60 Å². The number of nitrogens with one attached hydrogen (secondary N) is 1. The van der Waals surface area contributed by atoms with Crippen LogP contribution in [0, 0.1) is 0 Å². The predicted octanol–water partition coefficient (Wildman–Crippen LogP) is 2.50. The fraction of sp³-hybridized carbons (Fsp3) is 0.556. The molecule has 0 aromatic carbocycles. The van der Waals surface area contributed by atoms with Crippen molar-refractivity contribution in [3.8, 4) is 0 Å². The number of nitrogens with zero attached hydrogens (tertiary/aromatic N) is 5. The van der Waals surface area contributed by atoms with Crippen LogP contribution in [0.2, 0.25) is 0 Å². The highest BCUT2D eigenvalue weighted by molar-refractivity contribution is 5.69. The molecule has 2 aromatic rings. The Kier molecular flexibility index (Phi) is 4.84. The second-order valence-electron chi connectivity index (χ2n) is 7.66. The van der Waals surface area contributed by atoms with Crippen LogP contribution < -0.4 is 5.32 Å². The van der Waals surface area contributed by atoms with Crippen molar-refractivity contribution < 1.29 is 9.53 Å². The van der Waals surface area contributed by atoms with Crippen LogP contribution >= 0.6 is 0 Å². The number of carbonyl (C=O) groups excluding carboxylic acids is 1. The van der Waals surface area contributed by atoms with Gasteiger partial charge in [0.1, 0.15) is 5.60 Å². The minimum Gasteiger partial charge on any atom is -0.444 e. The first-order valence-electron chi connectivity index (χ1n) is 8.78. The minimum absolute atomic E-state index is 0.0493. The third-order valence-corrected chi connectivity index (χ3v) is 4.15. The standard InChI is InChI=1S/C18H26N6O2/c1-12-8-13-9-19-16(20-10-14-6-7-23(5)22-14)21-15(13)11-24(12)17(25)26-18(2,3)4/h6-7,9,12H,8,10-11H2,1-5H3,(H,19,20,21)/t12-/m1/s1. The fourth-order valence-corrected chi connectivity index (χ4v) is 2.87. The lowest BCUT2D eigenvalue weighted by atomic mass is 10.0. The number of rotatable bonds is 3. The molecule has 140 valence electrons. The summed E-state index contributed by atoms with van der Waals surface area (Å²) < 4.78 is 7.27. The van der Waals surface area contributed by atoms with Gasteiger partial charge < -0.3 is 10.1 Å². The number of aryl methyl sites for hydroxylation is 1. The number of ether oxygens (including phenoxy) is 1. The lowest BCUT2D eigenvalue weighted by molar-refractivity contribution is 0.0134. The highest BCUT2D eigenvalue weighted by Gasteiger charge is 2.31. The van der Waals surface area contributed by atoms with Gasteiger partial charge in [0.15, 0.2) is 0 Å². The molecule has 0 unspecified atom stereocenters. The molecule has 0 fully saturated rings. The van der Waals surface area contributed by atoms with E-state index in [2.05, 4.69) is 20.4 Å². The number of hydrogen-bond acceptors (Lipinski definition) is 6. The van der Waals surface area contributed by atoms with E-state index in [1.807, 2.05) is 53.2 Å². The molecule has 26 heavy (non-hydrogen) atoms. The molecule has 2 aromatic heterocycles. The van der Waals surface area contributed by atoms with E-state index in [1.165, 1.54) is 0 Å². The van der Waals surface area contributed by atoms with Gasteiger partial charge in [-0.2, -0.15) is 5.10 Å². The Hall–Kier alpha value is -2.64. The van der Waals surface area contributed by atoms with Gasteiger partial charge in [0.05, 0.1) is 24.5 Å². The van der Waals surface area contributed by atoms with Gasteiger partial charge in [0, 0.05) is 25.5 Å². The third-order valence-electron chi connectivity index (χ3n) is 4.15. The largest absolute Gasteiger partial charge is 0.444 e. The summed E-state index contributed by atoms with van der Waals surface area (Å²) in [5.41, 5.74) is 2.32. The van der Waals surface area contributed by atoms with Crippen LogP contribution in [0.15, 0.2) is 18.5 Å². The quantitative estimate of drug-likeness (QED) is 0.907. The molecule has 0 saturated heterocycles. The van der Waals surface area contributed by atoms with Crippen molar-refractivity contribution >= 4 is 12.0 Å². The summed E-state index contributed by atoms with van der Waals surface area (Å²) in [4.78, 5) is 23.2. The monoisotopic (exact) mass is 358 g/mol. The first kappa shape index (κ1) is 18.2. The Morgan fingerprint density at radius 1 is 1.42 bits per heavy atom. The zero-order valence-corrected chi connectivity index (χ0v) is 16.0. The second kappa shape index (κ2) is 6.93. The summed E-state index contributed by atoms with van der Waals surface area (Å²) in [6.07, 6.45) is 4.14. The third kappa shape index (κ3) is 4.30. The average Bonchev–Trinajstić information content (AvgIpc) is 2.96. The van der Waals surface area contributed by atoms with E-state index in [4.69, 9.17) is 4.74 Å². The molecule has 1 aliphatic rings. The number of hydrogen-bond donors (Lipinski definition) is 1. The lowest BCUT2D eigenvalue weighted by Gasteiger charge is -2.35. The van der Waals surface area contributed by atoms with Crippen molar-refractivity contribution in [2.24, 2.45) is 7.05 Å². The Balaban J connectivity index is 1.70. The zero-order chi connectivity index (χ0) is 18.9. The average molecular weight is 358 g/mol. The Labute approximate surface area is 153 Å². The predicted molar refractivity (Wildman–Crippen MR) is 97.5 cm³/mol. The molecule has 1 atom stereocenters. The van der Waals surface area contributed by atoms with Gasteiger partial charge >= 0.3 is 6.09 Å². The highest BCUT2D eigenvalue weighted by atomic mass is 16.6. The smallest absolute Gasteiger partial charge is 0.410 e. The van der Waals surface area contributed by atoms with Crippen molar-refractivity contribution in [3.63, 3.8) is 0 Å². The van der Waals surface area contributed by atoms with Gasteiger partial charge in [-0.25, -0.2) is 14.8 Å². The molecule has 0 bridgehead atoms. The van der Waals surface area contributed by atoms with Crippen molar-refractivity contribution in [3.05, 3.63) is 35.4 Å². The second-order valence-corrected chi connectivity index (χ2v) is 7.66. The van der Waals surface area contributed by atoms with E-state index in [0.29, 0.717) is 19.0 Å². The van der Waals surface area contributed by atoms with E-state index in [0.717, 1.165) is 23.4 Å². The molecule has 3 heterocycles. The van der Waals surface area contributed by atoms with E-state index in [9.17, 15) is 4.79 Å². The number of fused-ring (bicyclic) bond motifs is 1. The molecule has 3 rings (SSSR count). The van der Waals surface area contributed by atoms with Gasteiger partial charge in [0.2, 0.25) is 5.95 Å². The molecule has 0 spiro atoms. The van der Waals surface area contributed by atoms with Gasteiger partial charge in [-0.05, 0) is 45.7 Å². The summed E-state index contributed by atoms with van der Waals surface area (Å²) in [5.74, 6) is 0.535. The zero-order valence-electron chi connectivity index (χ0n) is 16.0. The Morgan fingerprint density at radius 3 is 2.85 bits per heavy atom. The van der Waals surface area contributed by atoms with E-state index >= 15 is 0 Å². The minimum atomic E-state index is -0.516. The molecular formula is C18H26N6O2. The summed E-state index contributed by atoms with van der Waals surface area (Å²) in [6, 6.07) is 1.99. The molecule has 0 radical (unpaired) electrons. The summed E-state index contributed by atoms with van der Waals surface area (Å²) in [5, 5.41) is 7.51. The topological polar surface area (TPSA) is 85.2 Å². The van der Waals surface area contributed by atoms with Gasteiger partial charge in [-0.3, -0.25) is 9.58 Å². The first-order valence-corrected chi connectivity index (χ1v) is 8.78. The van der Waals surface area contributed by atoms with Crippen molar-refractivity contribution in [2.45, 2.75) is 58.8 Å². The summed E-state index contributed by atoms with van der Waals surface area (Å²) in [6.45, 7) is 8.60. The van der Waals surface area contributed by atoms with Crippen LogP contribution in [-0.4, -0.2) is 42.4 Å². The molecule has 0 saturated carbocycles. The molecule has 8 nitrogen and oxygen atoms in total. The summed E-state index contributed by atoms with van der Waals surface area (Å²) >= 11 is 0. The number of anilines is 1. The highest BCUT2D eigenvalue weighted by Crippen LogP contribution is 2.24. The fourth-order valence-electron chi connectivity index (χ4n) is 2.87. The molecule has 0 aliphatic carbocycles. The van der Waals surface area contributed by atoms with E-state index in [1.54, 1.807) is 9.58 Å². The normalized spacial score (nSPS) is 17.0. The van der Waals surface area contributed by atoms with Gasteiger partial charge in [-0.1, -0.05) is 0 Å². The van der Waals surface area contributed by atoms with E-state index in [-0.39, 0.29) is 12.1 Å². The van der Waals surface area contributed by atoms with Crippen molar-refractivity contribution in [1.29, 1.82) is 0 Å². The molecule has 8 heteroatoms. The van der Waals surface area contributed by atoms with Gasteiger partial charge in [-0.15, -0.1) is 0 Å². The maximum absolute atomic E-state index is 12.5. The molecule has 1 amide bonds. The van der Waals surface area contributed by atoms with Crippen LogP contribution in [-0.2, 0) is 31.3 Å². The number of carbonyl (C=O) groups is 1. The van der Waals surface area contributed by atoms with Crippen LogP contribution in [0.1, 0.15) is 44.6 Å². The molecule has 1 aliphatic heterocycles. The maximum Gasteiger partial charge on any atom is 0.410 e. The number of aromatic nitrogens is 4. The Bertz CT molecular complexity index is 795. The Morgan fingerprint density at radius 2 is 2.19 bits per heavy atom. The summed E-state index contributed by atoms with van der Waals surface area (Å²) in [7, 11) is 1.88. The van der Waals surface area contributed by atoms with Crippen molar-refractivity contribution in [1.82, 2.24) is 24.6 Å². The molecule has 1 N–H and O–H groups in total. The number of amides is 1. The first-order chi connectivity index (χ1) is 12.2. The van der Waals surface area contributed by atoms with Crippen molar-refractivity contribution in [2.75, 3.05) is 5.32 Å².